The van der Waals surface area contributed by atoms with Crippen LogP contribution < -0.4 is 16.6 Å². The number of nitrogens with two attached hydrogens (primary N) is 1. The molecule has 0 amide bonds. The van der Waals surface area contributed by atoms with Crippen LogP contribution in [-0.2, 0) is 6.42 Å². The first-order valence-corrected chi connectivity index (χ1v) is 5.55. The van der Waals surface area contributed by atoms with Crippen molar-refractivity contribution in [2.45, 2.75) is 13.3 Å². The van der Waals surface area contributed by atoms with Crippen LogP contribution in [0.1, 0.15) is 11.8 Å². The Kier molecular flexibility index (Phi) is 2.70. The number of aromatic nitrogens is 2. The molecule has 2 aromatic rings. The molecular formula is C9H13N5S. The fourth-order valence-corrected chi connectivity index (χ4v) is 2.37. The van der Waals surface area contributed by atoms with Gasteiger partial charge in [0, 0.05) is 11.9 Å². The minimum absolute atomic E-state index is 0.441. The third-order valence-electron chi connectivity index (χ3n) is 2.16. The van der Waals surface area contributed by atoms with Gasteiger partial charge in [0.2, 0.25) is 5.95 Å². The van der Waals surface area contributed by atoms with Crippen LogP contribution in [0.4, 0.5) is 11.8 Å². The van der Waals surface area contributed by atoms with Crippen LogP contribution in [0.2, 0.25) is 0 Å². The molecule has 2 aromatic heterocycles. The molecule has 15 heavy (non-hydrogen) atoms. The van der Waals surface area contributed by atoms with Crippen molar-refractivity contribution in [3.63, 3.8) is 0 Å². The average Bonchev–Trinajstić information content (AvgIpc) is 2.70. The van der Waals surface area contributed by atoms with Crippen molar-refractivity contribution in [3.8, 4) is 0 Å². The molecule has 0 aliphatic heterocycles. The van der Waals surface area contributed by atoms with E-state index in [1.807, 2.05) is 7.05 Å². The molecule has 0 aromatic carbocycles. The minimum Gasteiger partial charge on any atom is -0.372 e. The first kappa shape index (κ1) is 10.1. The summed E-state index contributed by atoms with van der Waals surface area (Å²) in [4.78, 5) is 10.8. The van der Waals surface area contributed by atoms with Crippen molar-refractivity contribution in [3.05, 3.63) is 10.9 Å². The summed E-state index contributed by atoms with van der Waals surface area (Å²) in [5, 5.41) is 4.10. The number of aryl methyl sites for hydroxylation is 1. The predicted octanol–water partition coefficient (Wildman–Crippen LogP) is 1.58. The van der Waals surface area contributed by atoms with Crippen molar-refractivity contribution in [2.75, 3.05) is 17.8 Å². The van der Waals surface area contributed by atoms with Gasteiger partial charge in [-0.3, -0.25) is 5.43 Å². The molecule has 0 unspecified atom stereocenters. The van der Waals surface area contributed by atoms with Gasteiger partial charge in [-0.2, -0.15) is 4.98 Å². The average molecular weight is 223 g/mol. The second kappa shape index (κ2) is 4.00. The van der Waals surface area contributed by atoms with E-state index in [9.17, 15) is 0 Å². The molecule has 0 bridgehead atoms. The number of nitrogens with zero attached hydrogens (tertiary/aromatic N) is 2. The molecule has 0 spiro atoms. The van der Waals surface area contributed by atoms with Crippen molar-refractivity contribution in [1.82, 2.24) is 9.97 Å². The fourth-order valence-electron chi connectivity index (χ4n) is 1.40. The van der Waals surface area contributed by atoms with E-state index in [0.29, 0.717) is 5.95 Å². The van der Waals surface area contributed by atoms with E-state index in [1.165, 1.54) is 4.88 Å². The summed E-state index contributed by atoms with van der Waals surface area (Å²) in [5.41, 5.74) is 2.47. The standard InChI is InChI=1S/C9H13N5S/c1-3-5-4-6-7(11-2)12-9(14-10)13-8(6)15-5/h4H,3,10H2,1-2H3,(H2,11,12,13,14). The largest absolute Gasteiger partial charge is 0.372 e. The van der Waals surface area contributed by atoms with Gasteiger partial charge in [0.1, 0.15) is 10.6 Å². The second-order valence-electron chi connectivity index (χ2n) is 3.08. The van der Waals surface area contributed by atoms with Crippen LogP contribution in [0.3, 0.4) is 0 Å². The first-order valence-electron chi connectivity index (χ1n) is 4.73. The van der Waals surface area contributed by atoms with Gasteiger partial charge in [0.15, 0.2) is 0 Å². The van der Waals surface area contributed by atoms with Gasteiger partial charge in [-0.15, -0.1) is 11.3 Å². The molecule has 0 radical (unpaired) electrons. The highest BCUT2D eigenvalue weighted by molar-refractivity contribution is 7.18. The fraction of sp³-hybridized carbons (Fsp3) is 0.333. The van der Waals surface area contributed by atoms with Gasteiger partial charge >= 0.3 is 0 Å². The molecule has 6 heteroatoms. The maximum Gasteiger partial charge on any atom is 0.240 e. The summed E-state index contributed by atoms with van der Waals surface area (Å²) in [7, 11) is 1.84. The summed E-state index contributed by atoms with van der Waals surface area (Å²) >= 11 is 1.67. The zero-order chi connectivity index (χ0) is 10.8. The van der Waals surface area contributed by atoms with Crippen LogP contribution in [0.15, 0.2) is 6.07 Å². The molecular weight excluding hydrogens is 210 g/mol. The summed E-state index contributed by atoms with van der Waals surface area (Å²) in [5.74, 6) is 6.56. The highest BCUT2D eigenvalue weighted by atomic mass is 32.1. The Hall–Kier alpha value is -1.40. The molecule has 80 valence electrons. The van der Waals surface area contributed by atoms with Gasteiger partial charge < -0.3 is 5.32 Å². The third kappa shape index (κ3) is 1.73. The Morgan fingerprint density at radius 2 is 2.27 bits per heavy atom. The Bertz CT molecular complexity index is 479. The number of rotatable bonds is 3. The van der Waals surface area contributed by atoms with Gasteiger partial charge in [-0.1, -0.05) is 6.92 Å². The van der Waals surface area contributed by atoms with E-state index in [2.05, 4.69) is 33.7 Å². The Balaban J connectivity index is 2.66. The summed E-state index contributed by atoms with van der Waals surface area (Å²) < 4.78 is 0. The lowest BCUT2D eigenvalue weighted by molar-refractivity contribution is 1.15. The molecule has 0 fully saturated rings. The van der Waals surface area contributed by atoms with Crippen LogP contribution in [0, 0.1) is 0 Å². The maximum atomic E-state index is 5.31. The number of nitrogens with one attached hydrogen (secondary N) is 2. The molecule has 5 nitrogen and oxygen atoms in total. The quantitative estimate of drug-likeness (QED) is 0.544. The van der Waals surface area contributed by atoms with Crippen molar-refractivity contribution in [1.29, 1.82) is 0 Å². The van der Waals surface area contributed by atoms with E-state index >= 15 is 0 Å². The monoisotopic (exact) mass is 223 g/mol. The maximum absolute atomic E-state index is 5.31. The van der Waals surface area contributed by atoms with E-state index in [0.717, 1.165) is 22.5 Å². The number of anilines is 2. The second-order valence-corrected chi connectivity index (χ2v) is 4.19. The lowest BCUT2D eigenvalue weighted by Gasteiger charge is -2.03. The highest BCUT2D eigenvalue weighted by Gasteiger charge is 2.09. The zero-order valence-corrected chi connectivity index (χ0v) is 9.48. The molecule has 0 aliphatic carbocycles. The normalized spacial score (nSPS) is 10.6. The Morgan fingerprint density at radius 3 is 2.87 bits per heavy atom. The number of fused-ring (bicyclic) bond motifs is 1. The van der Waals surface area contributed by atoms with Gasteiger partial charge in [0.25, 0.3) is 0 Å². The van der Waals surface area contributed by atoms with E-state index < -0.39 is 0 Å². The number of hydrazine groups is 1. The highest BCUT2D eigenvalue weighted by Crippen LogP contribution is 2.29. The number of nitrogen functional groups attached to an aromatic ring is 1. The van der Waals surface area contributed by atoms with Gasteiger partial charge in [-0.25, -0.2) is 10.8 Å². The number of hydrogen-bond acceptors (Lipinski definition) is 6. The molecule has 0 aliphatic rings. The van der Waals surface area contributed by atoms with Gasteiger partial charge in [0.05, 0.1) is 5.39 Å². The van der Waals surface area contributed by atoms with Gasteiger partial charge in [-0.05, 0) is 12.5 Å². The van der Waals surface area contributed by atoms with E-state index in [-0.39, 0.29) is 0 Å². The van der Waals surface area contributed by atoms with Crippen LogP contribution in [0.25, 0.3) is 10.2 Å². The molecule has 2 rings (SSSR count). The predicted molar refractivity (Wildman–Crippen MR) is 64.1 cm³/mol. The third-order valence-corrected chi connectivity index (χ3v) is 3.33. The molecule has 4 N–H and O–H groups in total. The van der Waals surface area contributed by atoms with Crippen LogP contribution >= 0.6 is 11.3 Å². The topological polar surface area (TPSA) is 75.9 Å². The summed E-state index contributed by atoms with van der Waals surface area (Å²) in [6, 6.07) is 2.12. The minimum atomic E-state index is 0.441. The van der Waals surface area contributed by atoms with Crippen molar-refractivity contribution >= 4 is 33.3 Å². The van der Waals surface area contributed by atoms with E-state index in [1.54, 1.807) is 11.3 Å². The molecule has 0 atom stereocenters. The zero-order valence-electron chi connectivity index (χ0n) is 8.66. The summed E-state index contributed by atoms with van der Waals surface area (Å²) in [6.45, 7) is 2.12. The van der Waals surface area contributed by atoms with Crippen molar-refractivity contribution < 1.29 is 0 Å². The molecule has 0 saturated carbocycles. The van der Waals surface area contributed by atoms with Crippen LogP contribution in [0.5, 0.6) is 0 Å². The smallest absolute Gasteiger partial charge is 0.240 e. The summed E-state index contributed by atoms with van der Waals surface area (Å²) in [6.07, 6.45) is 1.01. The number of thiophene rings is 1. The molecule has 0 saturated heterocycles. The first-order chi connectivity index (χ1) is 7.28. The van der Waals surface area contributed by atoms with Crippen molar-refractivity contribution in [2.24, 2.45) is 5.84 Å². The molecule has 2 heterocycles. The Labute approximate surface area is 91.7 Å². The lowest BCUT2D eigenvalue weighted by Crippen LogP contribution is -2.11. The SMILES string of the molecule is CCc1cc2c(NC)nc(NN)nc2s1. The Morgan fingerprint density at radius 1 is 1.47 bits per heavy atom. The lowest BCUT2D eigenvalue weighted by atomic mass is 10.3. The van der Waals surface area contributed by atoms with E-state index in [4.69, 9.17) is 5.84 Å². The number of hydrogen-bond donors (Lipinski definition) is 3. The van der Waals surface area contributed by atoms with Crippen LogP contribution in [-0.4, -0.2) is 17.0 Å².